The van der Waals surface area contributed by atoms with Gasteiger partial charge in [-0.3, -0.25) is 0 Å². The van der Waals surface area contributed by atoms with Crippen molar-refractivity contribution in [2.75, 3.05) is 9.80 Å². The third-order valence-electron chi connectivity index (χ3n) is 14.3. The van der Waals surface area contributed by atoms with Crippen molar-refractivity contribution in [1.29, 1.82) is 0 Å². The molecule has 0 radical (unpaired) electrons. The average Bonchev–Trinajstić information content (AvgIpc) is 3.44. The quantitative estimate of drug-likeness (QED) is 0.140. The Morgan fingerprint density at radius 1 is 0.200 bits per heavy atom. The van der Waals surface area contributed by atoms with Crippen LogP contribution in [0.3, 0.4) is 0 Å². The summed E-state index contributed by atoms with van der Waals surface area (Å²) in [6.07, 6.45) is 0. The van der Waals surface area contributed by atoms with Crippen LogP contribution in [0.5, 0.6) is 0 Å². The second-order valence-corrected chi connectivity index (χ2v) is 18.4. The summed E-state index contributed by atoms with van der Waals surface area (Å²) < 4.78 is 0. The lowest BCUT2D eigenvalue weighted by Gasteiger charge is -2.38. The minimum Gasteiger partial charge on any atom is -0.311 e. The topological polar surface area (TPSA) is 6.48 Å². The smallest absolute Gasteiger partial charge is 0.246 e. The van der Waals surface area contributed by atoms with Gasteiger partial charge in [0, 0.05) is 34.1 Å². The number of hydrogen-bond acceptors (Lipinski definition) is 2. The molecule has 326 valence electrons. The predicted molar refractivity (Wildman–Crippen MR) is 300 cm³/mol. The van der Waals surface area contributed by atoms with Gasteiger partial charge in [-0.05, 0) is 127 Å². The summed E-state index contributed by atoms with van der Waals surface area (Å²) in [5.41, 5.74) is 24.3. The summed E-state index contributed by atoms with van der Waals surface area (Å²) in [7, 11) is 0. The molecule has 0 aliphatic carbocycles. The van der Waals surface area contributed by atoms with E-state index in [0.717, 1.165) is 11.4 Å². The first-order valence-corrected chi connectivity index (χ1v) is 24.3. The molecule has 0 N–H and O–H groups in total. The molecule has 0 atom stereocenters. The van der Waals surface area contributed by atoms with Crippen molar-refractivity contribution in [3.8, 4) is 44.5 Å². The molecule has 0 saturated carbocycles. The Hall–Kier alpha value is -8.85. The number of anilines is 6. The molecule has 2 heterocycles. The van der Waals surface area contributed by atoms with Crippen LogP contribution in [0.25, 0.3) is 44.5 Å². The molecule has 2 aliphatic rings. The van der Waals surface area contributed by atoms with Crippen molar-refractivity contribution in [2.24, 2.45) is 0 Å². The first-order chi connectivity index (χ1) is 34.7. The molecule has 2 aliphatic heterocycles. The van der Waals surface area contributed by atoms with Crippen molar-refractivity contribution >= 4 is 80.3 Å². The average molecular weight is 889 g/mol. The Balaban J connectivity index is 0.906. The highest BCUT2D eigenvalue weighted by Gasteiger charge is 2.38. The van der Waals surface area contributed by atoms with Crippen LogP contribution in [0.1, 0.15) is 0 Å². The summed E-state index contributed by atoms with van der Waals surface area (Å²) in [6.45, 7) is 0.0847. The van der Waals surface area contributed by atoms with E-state index in [9.17, 15) is 0 Å². The van der Waals surface area contributed by atoms with Crippen molar-refractivity contribution in [2.45, 2.75) is 0 Å². The molecule has 0 saturated heterocycles. The van der Waals surface area contributed by atoms with E-state index < -0.39 is 0 Å². The molecule has 0 bridgehead atoms. The Morgan fingerprint density at radius 2 is 0.429 bits per heavy atom. The van der Waals surface area contributed by atoms with Crippen LogP contribution in [0.15, 0.2) is 279 Å². The zero-order chi connectivity index (χ0) is 46.4. The van der Waals surface area contributed by atoms with E-state index in [1.165, 1.54) is 100 Å². The third-order valence-corrected chi connectivity index (χ3v) is 14.3. The maximum Gasteiger partial charge on any atom is 0.246 e. The number of nitrogens with zero attached hydrogens (tertiary/aromatic N) is 2. The van der Waals surface area contributed by atoms with Crippen LogP contribution >= 0.6 is 0 Å². The first-order valence-electron chi connectivity index (χ1n) is 24.3. The highest BCUT2D eigenvalue weighted by molar-refractivity contribution is 6.99. The van der Waals surface area contributed by atoms with Gasteiger partial charge in [-0.2, -0.15) is 0 Å². The van der Waals surface area contributed by atoms with Crippen LogP contribution < -0.4 is 42.6 Å². The number of fused-ring (bicyclic) bond motifs is 4. The van der Waals surface area contributed by atoms with E-state index in [1.807, 2.05) is 0 Å². The summed E-state index contributed by atoms with van der Waals surface area (Å²) in [6, 6.07) is 103. The summed E-state index contributed by atoms with van der Waals surface area (Å²) in [5.74, 6) is 0. The summed E-state index contributed by atoms with van der Waals surface area (Å²) in [5, 5.41) is 0. The van der Waals surface area contributed by atoms with Crippen LogP contribution in [-0.2, 0) is 0 Å². The Kier molecular flexibility index (Phi) is 10.4. The van der Waals surface area contributed by atoms with E-state index in [1.54, 1.807) is 0 Å². The van der Waals surface area contributed by atoms with Gasteiger partial charge in [0.1, 0.15) is 0 Å². The van der Waals surface area contributed by atoms with Gasteiger partial charge in [0.05, 0.1) is 0 Å². The van der Waals surface area contributed by atoms with Gasteiger partial charge in [0.15, 0.2) is 0 Å². The molecule has 0 amide bonds. The van der Waals surface area contributed by atoms with E-state index in [2.05, 4.69) is 289 Å². The Bertz CT molecular complexity index is 3220. The molecule has 13 rings (SSSR count). The third kappa shape index (κ3) is 7.33. The lowest BCUT2D eigenvalue weighted by Crippen LogP contribution is -2.59. The lowest BCUT2D eigenvalue weighted by atomic mass is 9.33. The monoisotopic (exact) mass is 888 g/mol. The second-order valence-electron chi connectivity index (χ2n) is 18.4. The van der Waals surface area contributed by atoms with Crippen molar-refractivity contribution in [3.63, 3.8) is 0 Å². The predicted octanol–water partition coefficient (Wildman–Crippen LogP) is 13.0. The SMILES string of the molecule is c1ccc(-c2cc(-c3ccccc3)cc(N3c4ccccc4B(c4ccc(B5c6ccccc6N(c6cc(-c7ccccc7)cc(-c7ccccc7)c6)c6ccccc65)cc4)c4ccccc43)c2)cc1. The van der Waals surface area contributed by atoms with Gasteiger partial charge in [0.25, 0.3) is 0 Å². The number of para-hydroxylation sites is 4. The Morgan fingerprint density at radius 3 is 0.686 bits per heavy atom. The minimum absolute atomic E-state index is 0.0423. The molecule has 0 aromatic heterocycles. The number of benzene rings is 11. The van der Waals surface area contributed by atoms with Gasteiger partial charge >= 0.3 is 0 Å². The van der Waals surface area contributed by atoms with Crippen molar-refractivity contribution in [1.82, 2.24) is 0 Å². The molecule has 0 fully saturated rings. The molecule has 0 spiro atoms. The molecule has 2 nitrogen and oxygen atoms in total. The highest BCUT2D eigenvalue weighted by Crippen LogP contribution is 2.42. The molecule has 11 aromatic rings. The summed E-state index contributed by atoms with van der Waals surface area (Å²) in [4.78, 5) is 4.96. The van der Waals surface area contributed by atoms with E-state index in [4.69, 9.17) is 0 Å². The zero-order valence-corrected chi connectivity index (χ0v) is 38.6. The standard InChI is InChI=1S/C66H46B2N2/c1-5-21-47(22-6-1)51-41-52(48-23-7-2-8-24-48)44-57(43-51)69-63-33-17-13-29-59(63)67(60-30-14-18-34-64(60)69)55-37-39-56(40-38-55)68-61-31-15-19-35-65(61)70(66-36-20-16-32-62(66)68)58-45-53(49-25-9-3-10-26-49)42-54(46-58)50-27-11-4-12-28-50/h1-46H. The van der Waals surface area contributed by atoms with Gasteiger partial charge in [-0.1, -0.05) is 229 Å². The van der Waals surface area contributed by atoms with Crippen LogP contribution in [0, 0.1) is 0 Å². The number of rotatable bonds is 8. The second kappa shape index (κ2) is 17.7. The van der Waals surface area contributed by atoms with Gasteiger partial charge in [-0.15, -0.1) is 0 Å². The normalized spacial score (nSPS) is 12.5. The Labute approximate surface area is 411 Å². The van der Waals surface area contributed by atoms with Crippen molar-refractivity contribution < 1.29 is 0 Å². The lowest BCUT2D eigenvalue weighted by molar-refractivity contribution is 1.29. The fourth-order valence-corrected chi connectivity index (χ4v) is 11.2. The van der Waals surface area contributed by atoms with Crippen LogP contribution in [0.2, 0.25) is 0 Å². The maximum atomic E-state index is 2.48. The molecule has 11 aromatic carbocycles. The summed E-state index contributed by atoms with van der Waals surface area (Å²) >= 11 is 0. The number of hydrogen-bond donors (Lipinski definition) is 0. The largest absolute Gasteiger partial charge is 0.311 e. The molecular formula is C66H46B2N2. The molecule has 4 heteroatoms. The van der Waals surface area contributed by atoms with Crippen LogP contribution in [0.4, 0.5) is 34.1 Å². The molecular weight excluding hydrogens is 842 g/mol. The fourth-order valence-electron chi connectivity index (χ4n) is 11.2. The maximum absolute atomic E-state index is 2.48. The van der Waals surface area contributed by atoms with E-state index >= 15 is 0 Å². The van der Waals surface area contributed by atoms with Crippen LogP contribution in [-0.4, -0.2) is 13.4 Å². The van der Waals surface area contributed by atoms with Gasteiger partial charge in [0.2, 0.25) is 13.4 Å². The minimum atomic E-state index is 0.0423. The van der Waals surface area contributed by atoms with Crippen molar-refractivity contribution in [3.05, 3.63) is 279 Å². The van der Waals surface area contributed by atoms with E-state index in [-0.39, 0.29) is 13.4 Å². The highest BCUT2D eigenvalue weighted by atomic mass is 15.2. The van der Waals surface area contributed by atoms with Gasteiger partial charge in [-0.25, -0.2) is 0 Å². The molecule has 0 unspecified atom stereocenters. The first kappa shape index (κ1) is 41.3. The molecule has 70 heavy (non-hydrogen) atoms. The fraction of sp³-hybridized carbons (Fsp3) is 0. The zero-order valence-electron chi connectivity index (χ0n) is 38.6. The van der Waals surface area contributed by atoms with E-state index in [0.29, 0.717) is 0 Å². The van der Waals surface area contributed by atoms with Gasteiger partial charge < -0.3 is 9.80 Å².